The molecular weight excluding hydrogens is 317 g/mol. The van der Waals surface area contributed by atoms with Gasteiger partial charge in [0, 0.05) is 0 Å². The van der Waals surface area contributed by atoms with Crippen molar-refractivity contribution in [2.75, 3.05) is 11.9 Å². The van der Waals surface area contributed by atoms with Crippen LogP contribution in [-0.2, 0) is 11.2 Å². The van der Waals surface area contributed by atoms with Crippen molar-refractivity contribution in [3.8, 4) is 0 Å². The highest BCUT2D eigenvalue weighted by Gasteiger charge is 2.21. The first-order valence-electron chi connectivity index (χ1n) is 7.81. The molecule has 1 aliphatic rings. The molecule has 2 N–H and O–H groups in total. The number of halogens is 3. The Kier molecular flexibility index (Phi) is 4.74. The predicted octanol–water partition coefficient (Wildman–Crippen LogP) is 3.71. The molecule has 0 heterocycles. The molecule has 1 aliphatic carbocycles. The number of nitrogens with one attached hydrogen (secondary N) is 2. The summed E-state index contributed by atoms with van der Waals surface area (Å²) in [4.78, 5) is 12.1. The molecule has 0 radical (unpaired) electrons. The fourth-order valence-corrected chi connectivity index (χ4v) is 2.99. The lowest BCUT2D eigenvalue weighted by atomic mass is 9.88. The zero-order chi connectivity index (χ0) is 17.1. The van der Waals surface area contributed by atoms with E-state index in [2.05, 4.69) is 10.6 Å². The van der Waals surface area contributed by atoms with Gasteiger partial charge >= 0.3 is 0 Å². The molecular formula is C18H17F3N2O. The molecule has 0 unspecified atom stereocenters. The molecule has 6 heteroatoms. The van der Waals surface area contributed by atoms with Gasteiger partial charge in [0.1, 0.15) is 0 Å². The molecule has 0 saturated carbocycles. The van der Waals surface area contributed by atoms with Crippen LogP contribution in [0.5, 0.6) is 0 Å². The van der Waals surface area contributed by atoms with Gasteiger partial charge in [-0.3, -0.25) is 4.79 Å². The van der Waals surface area contributed by atoms with Crippen molar-refractivity contribution in [2.24, 2.45) is 0 Å². The maximum atomic E-state index is 13.6. The molecule has 24 heavy (non-hydrogen) atoms. The summed E-state index contributed by atoms with van der Waals surface area (Å²) in [6.07, 6.45) is 2.80. The number of benzene rings is 2. The van der Waals surface area contributed by atoms with E-state index in [1.165, 1.54) is 5.56 Å². The van der Waals surface area contributed by atoms with E-state index in [9.17, 15) is 18.0 Å². The summed E-state index contributed by atoms with van der Waals surface area (Å²) in [7, 11) is 0. The standard InChI is InChI=1S/C18H17F3N2O/c19-13-8-9-15(18(21)17(13)20)22-10-16(24)23-14-7-3-5-11-4-1-2-6-12(11)14/h1-2,4,6,8-9,14,22H,3,5,7,10H2,(H,23,24)/t14-/m1/s1. The Morgan fingerprint density at radius 1 is 1.08 bits per heavy atom. The minimum absolute atomic E-state index is 0.0842. The maximum absolute atomic E-state index is 13.6. The molecule has 1 atom stereocenters. The third-order valence-electron chi connectivity index (χ3n) is 4.18. The molecule has 3 rings (SSSR count). The SMILES string of the molecule is O=C(CNc1ccc(F)c(F)c1F)N[C@@H]1CCCc2ccccc21. The fourth-order valence-electron chi connectivity index (χ4n) is 2.99. The lowest BCUT2D eigenvalue weighted by molar-refractivity contribution is -0.120. The summed E-state index contributed by atoms with van der Waals surface area (Å²) in [5.74, 6) is -4.48. The predicted molar refractivity (Wildman–Crippen MR) is 85.1 cm³/mol. The number of amides is 1. The van der Waals surface area contributed by atoms with Crippen molar-refractivity contribution >= 4 is 11.6 Å². The lowest BCUT2D eigenvalue weighted by Crippen LogP contribution is -2.35. The first kappa shape index (κ1) is 16.4. The summed E-state index contributed by atoms with van der Waals surface area (Å²) in [5, 5.41) is 5.40. The Labute approximate surface area is 137 Å². The molecule has 3 nitrogen and oxygen atoms in total. The second kappa shape index (κ2) is 6.95. The van der Waals surface area contributed by atoms with Crippen molar-refractivity contribution in [3.63, 3.8) is 0 Å². The molecule has 0 spiro atoms. The van der Waals surface area contributed by atoms with E-state index < -0.39 is 17.5 Å². The molecule has 2 aromatic carbocycles. The van der Waals surface area contributed by atoms with Gasteiger partial charge in [-0.25, -0.2) is 13.2 Å². The van der Waals surface area contributed by atoms with E-state index >= 15 is 0 Å². The van der Waals surface area contributed by atoms with Gasteiger partial charge in [0.05, 0.1) is 18.3 Å². The summed E-state index contributed by atoms with van der Waals surface area (Å²) in [6.45, 7) is -0.222. The van der Waals surface area contributed by atoms with Crippen LogP contribution in [0.15, 0.2) is 36.4 Å². The van der Waals surface area contributed by atoms with Crippen molar-refractivity contribution in [1.29, 1.82) is 0 Å². The van der Waals surface area contributed by atoms with Crippen LogP contribution in [-0.4, -0.2) is 12.5 Å². The molecule has 0 bridgehead atoms. The van der Waals surface area contributed by atoms with Gasteiger partial charge in [-0.2, -0.15) is 0 Å². The molecule has 0 fully saturated rings. The van der Waals surface area contributed by atoms with Gasteiger partial charge in [-0.15, -0.1) is 0 Å². The van der Waals surface area contributed by atoms with Crippen LogP contribution in [0.3, 0.4) is 0 Å². The van der Waals surface area contributed by atoms with Crippen LogP contribution >= 0.6 is 0 Å². The van der Waals surface area contributed by atoms with Gasteiger partial charge in [-0.05, 0) is 42.5 Å². The van der Waals surface area contributed by atoms with Crippen molar-refractivity contribution in [3.05, 3.63) is 65.0 Å². The van der Waals surface area contributed by atoms with E-state index in [1.807, 2.05) is 24.3 Å². The Morgan fingerprint density at radius 3 is 2.71 bits per heavy atom. The molecule has 2 aromatic rings. The minimum Gasteiger partial charge on any atom is -0.374 e. The number of aryl methyl sites for hydroxylation is 1. The van der Waals surface area contributed by atoms with Crippen molar-refractivity contribution < 1.29 is 18.0 Å². The molecule has 0 aliphatic heterocycles. The third-order valence-corrected chi connectivity index (χ3v) is 4.18. The average Bonchev–Trinajstić information content (AvgIpc) is 2.59. The van der Waals surface area contributed by atoms with Crippen molar-refractivity contribution in [1.82, 2.24) is 5.32 Å². The van der Waals surface area contributed by atoms with Gasteiger partial charge < -0.3 is 10.6 Å². The maximum Gasteiger partial charge on any atom is 0.239 e. The van der Waals surface area contributed by atoms with Crippen LogP contribution in [0, 0.1) is 17.5 Å². The number of carbonyl (C=O) groups is 1. The minimum atomic E-state index is -1.55. The lowest BCUT2D eigenvalue weighted by Gasteiger charge is -2.26. The van der Waals surface area contributed by atoms with E-state index in [0.29, 0.717) is 0 Å². The second-order valence-corrected chi connectivity index (χ2v) is 5.79. The topological polar surface area (TPSA) is 41.1 Å². The fraction of sp³-hybridized carbons (Fsp3) is 0.278. The Hall–Kier alpha value is -2.50. The smallest absolute Gasteiger partial charge is 0.239 e. The van der Waals surface area contributed by atoms with Gasteiger partial charge in [0.25, 0.3) is 0 Å². The number of carbonyl (C=O) groups excluding carboxylic acids is 1. The normalized spacial score (nSPS) is 16.4. The highest BCUT2D eigenvalue weighted by molar-refractivity contribution is 5.81. The van der Waals surface area contributed by atoms with Crippen LogP contribution in [0.1, 0.15) is 30.0 Å². The third kappa shape index (κ3) is 3.37. The summed E-state index contributed by atoms with van der Waals surface area (Å²) < 4.78 is 39.6. The van der Waals surface area contributed by atoms with Crippen LogP contribution in [0.4, 0.5) is 18.9 Å². The van der Waals surface area contributed by atoms with E-state index in [4.69, 9.17) is 0 Å². The van der Waals surface area contributed by atoms with E-state index in [-0.39, 0.29) is 24.2 Å². The highest BCUT2D eigenvalue weighted by Crippen LogP contribution is 2.29. The highest BCUT2D eigenvalue weighted by atomic mass is 19.2. The van der Waals surface area contributed by atoms with Crippen LogP contribution in [0.25, 0.3) is 0 Å². The molecule has 0 saturated heterocycles. The van der Waals surface area contributed by atoms with Crippen LogP contribution < -0.4 is 10.6 Å². The first-order chi connectivity index (χ1) is 11.6. The molecule has 126 valence electrons. The summed E-state index contributed by atoms with van der Waals surface area (Å²) in [6, 6.07) is 9.73. The number of rotatable bonds is 4. The molecule has 0 aromatic heterocycles. The number of anilines is 1. The largest absolute Gasteiger partial charge is 0.374 e. The monoisotopic (exact) mass is 334 g/mol. The Bertz CT molecular complexity index is 764. The Balaban J connectivity index is 1.62. The number of hydrogen-bond acceptors (Lipinski definition) is 2. The zero-order valence-electron chi connectivity index (χ0n) is 12.9. The Morgan fingerprint density at radius 2 is 1.88 bits per heavy atom. The number of fused-ring (bicyclic) bond motifs is 1. The van der Waals surface area contributed by atoms with E-state index in [1.54, 1.807) is 0 Å². The van der Waals surface area contributed by atoms with Gasteiger partial charge in [0.15, 0.2) is 17.5 Å². The van der Waals surface area contributed by atoms with Gasteiger partial charge in [0.2, 0.25) is 5.91 Å². The van der Waals surface area contributed by atoms with E-state index in [0.717, 1.165) is 37.0 Å². The summed E-state index contributed by atoms with van der Waals surface area (Å²) >= 11 is 0. The van der Waals surface area contributed by atoms with Crippen molar-refractivity contribution in [2.45, 2.75) is 25.3 Å². The average molecular weight is 334 g/mol. The van der Waals surface area contributed by atoms with Crippen LogP contribution in [0.2, 0.25) is 0 Å². The van der Waals surface area contributed by atoms with Gasteiger partial charge in [-0.1, -0.05) is 24.3 Å². The zero-order valence-corrected chi connectivity index (χ0v) is 12.9. The quantitative estimate of drug-likeness (QED) is 0.837. The molecule has 1 amide bonds. The summed E-state index contributed by atoms with van der Waals surface area (Å²) in [5.41, 5.74) is 2.07. The second-order valence-electron chi connectivity index (χ2n) is 5.79. The number of hydrogen-bond donors (Lipinski definition) is 2. The first-order valence-corrected chi connectivity index (χ1v) is 7.81.